The second-order valence-electron chi connectivity index (χ2n) is 6.95. The van der Waals surface area contributed by atoms with E-state index in [1.165, 1.54) is 84.5 Å². The molecule has 3 saturated heterocycles. The second-order valence-corrected chi connectivity index (χ2v) is 6.95. The third kappa shape index (κ3) is 3.73. The molecule has 3 aliphatic heterocycles. The fourth-order valence-electron chi connectivity index (χ4n) is 4.13. The minimum atomic E-state index is 0.780. The maximum atomic E-state index is 3.74. The molecule has 116 valence electrons. The van der Waals surface area contributed by atoms with Crippen LogP contribution in [0.4, 0.5) is 0 Å². The van der Waals surface area contributed by atoms with Crippen molar-refractivity contribution < 1.29 is 0 Å². The van der Waals surface area contributed by atoms with E-state index in [4.69, 9.17) is 0 Å². The van der Waals surface area contributed by atoms with Crippen LogP contribution in [0.15, 0.2) is 0 Å². The van der Waals surface area contributed by atoms with Crippen molar-refractivity contribution >= 4 is 0 Å². The SMILES string of the molecule is CN1CCN(CCN2CCCCC2C2CCCN2)CC1. The van der Waals surface area contributed by atoms with Gasteiger partial charge in [0.05, 0.1) is 0 Å². The predicted octanol–water partition coefficient (Wildman–Crippen LogP) is 0.840. The van der Waals surface area contributed by atoms with Crippen molar-refractivity contribution in [2.75, 3.05) is 59.4 Å². The smallest absolute Gasteiger partial charge is 0.0249 e. The molecule has 0 aliphatic carbocycles. The first-order valence-electron chi connectivity index (χ1n) is 8.71. The van der Waals surface area contributed by atoms with Crippen molar-refractivity contribution in [3.63, 3.8) is 0 Å². The van der Waals surface area contributed by atoms with Gasteiger partial charge in [0.15, 0.2) is 0 Å². The first-order chi connectivity index (χ1) is 9.83. The summed E-state index contributed by atoms with van der Waals surface area (Å²) in [6.45, 7) is 10.1. The fourth-order valence-corrected chi connectivity index (χ4v) is 4.13. The summed E-state index contributed by atoms with van der Waals surface area (Å²) < 4.78 is 0. The Kier molecular flexibility index (Phi) is 5.32. The lowest BCUT2D eigenvalue weighted by atomic mass is 9.94. The van der Waals surface area contributed by atoms with E-state index in [1.807, 2.05) is 0 Å². The molecular weight excluding hydrogens is 248 g/mol. The van der Waals surface area contributed by atoms with Crippen LogP contribution in [0.2, 0.25) is 0 Å². The monoisotopic (exact) mass is 280 g/mol. The molecular formula is C16H32N4. The van der Waals surface area contributed by atoms with Gasteiger partial charge in [-0.25, -0.2) is 0 Å². The molecule has 3 fully saturated rings. The van der Waals surface area contributed by atoms with Gasteiger partial charge < -0.3 is 10.2 Å². The van der Waals surface area contributed by atoms with Crippen molar-refractivity contribution in [3.8, 4) is 0 Å². The number of rotatable bonds is 4. The molecule has 0 spiro atoms. The highest BCUT2D eigenvalue weighted by molar-refractivity contribution is 4.90. The number of likely N-dealkylation sites (N-methyl/N-ethyl adjacent to an activating group) is 1. The van der Waals surface area contributed by atoms with Crippen molar-refractivity contribution in [2.45, 2.75) is 44.2 Å². The Morgan fingerprint density at radius 3 is 2.50 bits per heavy atom. The van der Waals surface area contributed by atoms with Gasteiger partial charge in [0.2, 0.25) is 0 Å². The lowest BCUT2D eigenvalue weighted by molar-refractivity contribution is 0.0875. The minimum absolute atomic E-state index is 0.780. The summed E-state index contributed by atoms with van der Waals surface area (Å²) in [4.78, 5) is 7.90. The molecule has 3 rings (SSSR count). The van der Waals surface area contributed by atoms with Gasteiger partial charge >= 0.3 is 0 Å². The van der Waals surface area contributed by atoms with Crippen LogP contribution < -0.4 is 5.32 Å². The summed E-state index contributed by atoms with van der Waals surface area (Å²) in [6, 6.07) is 1.60. The molecule has 0 amide bonds. The van der Waals surface area contributed by atoms with Gasteiger partial charge in [-0.3, -0.25) is 9.80 Å². The summed E-state index contributed by atoms with van der Waals surface area (Å²) in [5.41, 5.74) is 0. The number of likely N-dealkylation sites (tertiary alicyclic amines) is 1. The molecule has 0 bridgehead atoms. The molecule has 0 aromatic carbocycles. The fraction of sp³-hybridized carbons (Fsp3) is 1.00. The Morgan fingerprint density at radius 2 is 1.75 bits per heavy atom. The third-order valence-corrected chi connectivity index (χ3v) is 5.53. The molecule has 4 nitrogen and oxygen atoms in total. The Balaban J connectivity index is 1.46. The average Bonchev–Trinajstić information content (AvgIpc) is 3.01. The highest BCUT2D eigenvalue weighted by Gasteiger charge is 2.31. The lowest BCUT2D eigenvalue weighted by Crippen LogP contribution is -2.53. The molecule has 0 aromatic heterocycles. The Morgan fingerprint density at radius 1 is 0.900 bits per heavy atom. The number of nitrogens with zero attached hydrogens (tertiary/aromatic N) is 3. The van der Waals surface area contributed by atoms with E-state index < -0.39 is 0 Å². The number of hydrogen-bond acceptors (Lipinski definition) is 4. The zero-order valence-electron chi connectivity index (χ0n) is 13.2. The van der Waals surface area contributed by atoms with Gasteiger partial charge in [-0.1, -0.05) is 6.42 Å². The van der Waals surface area contributed by atoms with Crippen LogP contribution in [0, 0.1) is 0 Å². The standard InChI is InChI=1S/C16H32N4/c1-18-9-11-19(12-10-18)13-14-20-8-3-2-6-16(20)15-5-4-7-17-15/h15-17H,2-14H2,1H3. The van der Waals surface area contributed by atoms with Crippen LogP contribution in [0.5, 0.6) is 0 Å². The highest BCUT2D eigenvalue weighted by Crippen LogP contribution is 2.24. The first-order valence-corrected chi connectivity index (χ1v) is 8.71. The predicted molar refractivity (Wildman–Crippen MR) is 84.2 cm³/mol. The van der Waals surface area contributed by atoms with Crippen LogP contribution in [-0.4, -0.2) is 86.2 Å². The second kappa shape index (κ2) is 7.21. The van der Waals surface area contributed by atoms with Gasteiger partial charge in [-0.05, 0) is 45.8 Å². The summed E-state index contributed by atoms with van der Waals surface area (Å²) in [5.74, 6) is 0. The van der Waals surface area contributed by atoms with Crippen molar-refractivity contribution in [2.24, 2.45) is 0 Å². The number of nitrogens with one attached hydrogen (secondary N) is 1. The zero-order chi connectivity index (χ0) is 13.8. The topological polar surface area (TPSA) is 21.8 Å². The molecule has 0 radical (unpaired) electrons. The highest BCUT2D eigenvalue weighted by atomic mass is 15.3. The largest absolute Gasteiger partial charge is 0.312 e. The van der Waals surface area contributed by atoms with Gasteiger partial charge in [0, 0.05) is 51.4 Å². The van der Waals surface area contributed by atoms with Gasteiger partial charge in [0.25, 0.3) is 0 Å². The maximum absolute atomic E-state index is 3.74. The van der Waals surface area contributed by atoms with Crippen LogP contribution >= 0.6 is 0 Å². The Bertz CT molecular complexity index is 282. The van der Waals surface area contributed by atoms with Crippen LogP contribution in [0.1, 0.15) is 32.1 Å². The van der Waals surface area contributed by atoms with Gasteiger partial charge in [-0.15, -0.1) is 0 Å². The van der Waals surface area contributed by atoms with E-state index in [9.17, 15) is 0 Å². The van der Waals surface area contributed by atoms with Gasteiger partial charge in [0.1, 0.15) is 0 Å². The number of hydrogen-bond donors (Lipinski definition) is 1. The third-order valence-electron chi connectivity index (χ3n) is 5.53. The molecule has 3 aliphatic rings. The molecule has 2 unspecified atom stereocenters. The van der Waals surface area contributed by atoms with E-state index >= 15 is 0 Å². The Hall–Kier alpha value is -0.160. The molecule has 3 heterocycles. The Labute approximate surface area is 124 Å². The zero-order valence-corrected chi connectivity index (χ0v) is 13.2. The lowest BCUT2D eigenvalue weighted by Gasteiger charge is -2.41. The summed E-state index contributed by atoms with van der Waals surface area (Å²) in [6.07, 6.45) is 7.04. The number of piperidine rings is 1. The molecule has 2 atom stereocenters. The summed E-state index contributed by atoms with van der Waals surface area (Å²) in [7, 11) is 2.24. The van der Waals surface area contributed by atoms with Gasteiger partial charge in [-0.2, -0.15) is 0 Å². The van der Waals surface area contributed by atoms with E-state index in [0.29, 0.717) is 0 Å². The molecule has 1 N–H and O–H groups in total. The van der Waals surface area contributed by atoms with E-state index in [2.05, 4.69) is 27.1 Å². The molecule has 20 heavy (non-hydrogen) atoms. The van der Waals surface area contributed by atoms with Crippen LogP contribution in [0.25, 0.3) is 0 Å². The van der Waals surface area contributed by atoms with Crippen molar-refractivity contribution in [1.29, 1.82) is 0 Å². The normalized spacial score (nSPS) is 34.6. The number of piperazine rings is 1. The van der Waals surface area contributed by atoms with Crippen molar-refractivity contribution in [3.05, 3.63) is 0 Å². The molecule has 4 heteroatoms. The van der Waals surface area contributed by atoms with E-state index in [0.717, 1.165) is 12.1 Å². The molecule has 0 saturated carbocycles. The van der Waals surface area contributed by atoms with E-state index in [1.54, 1.807) is 0 Å². The first kappa shape index (κ1) is 14.8. The summed E-state index contributed by atoms with van der Waals surface area (Å²) >= 11 is 0. The van der Waals surface area contributed by atoms with Crippen molar-refractivity contribution in [1.82, 2.24) is 20.0 Å². The quantitative estimate of drug-likeness (QED) is 0.824. The van der Waals surface area contributed by atoms with Crippen LogP contribution in [-0.2, 0) is 0 Å². The average molecular weight is 280 g/mol. The summed E-state index contributed by atoms with van der Waals surface area (Å²) in [5, 5.41) is 3.74. The molecule has 0 aromatic rings. The minimum Gasteiger partial charge on any atom is -0.312 e. The van der Waals surface area contributed by atoms with E-state index in [-0.39, 0.29) is 0 Å². The maximum Gasteiger partial charge on any atom is 0.0249 e. The van der Waals surface area contributed by atoms with Crippen LogP contribution in [0.3, 0.4) is 0 Å².